The van der Waals surface area contributed by atoms with Crippen molar-refractivity contribution in [3.8, 4) is 39.1 Å². The number of hydrogen-bond acceptors (Lipinski definition) is 0. The summed E-state index contributed by atoms with van der Waals surface area (Å²) in [6.45, 7) is 0. The highest BCUT2D eigenvalue weighted by atomic mass is 79.9. The predicted molar refractivity (Wildman–Crippen MR) is 182 cm³/mol. The van der Waals surface area contributed by atoms with E-state index in [1.807, 2.05) is 0 Å². The maximum Gasteiger partial charge on any atom is 0.0547 e. The minimum Gasteiger partial charge on any atom is -0.309 e. The number of aromatic nitrogens is 1. The van der Waals surface area contributed by atoms with Crippen molar-refractivity contribution in [2.24, 2.45) is 0 Å². The third kappa shape index (κ3) is 4.32. The molecule has 0 saturated carbocycles. The Balaban J connectivity index is 1.20. The van der Waals surface area contributed by atoms with E-state index in [1.54, 1.807) is 0 Å². The Hall–Kier alpha value is -4.92. The fraction of sp³-hybridized carbons (Fsp3) is 0. The molecule has 0 atom stereocenters. The molecule has 0 N–H and O–H groups in total. The lowest BCUT2D eigenvalue weighted by atomic mass is 9.96. The lowest BCUT2D eigenvalue weighted by molar-refractivity contribution is 1.18. The maximum atomic E-state index is 3.81. The molecular weight excluding hydrogens is 574 g/mol. The molecule has 0 fully saturated rings. The van der Waals surface area contributed by atoms with Crippen molar-refractivity contribution in [3.63, 3.8) is 0 Å². The summed E-state index contributed by atoms with van der Waals surface area (Å²) in [5.41, 5.74) is 10.8. The predicted octanol–water partition coefficient (Wildman–Crippen LogP) is 11.7. The molecule has 1 nitrogen and oxygen atoms in total. The molecule has 1 heterocycles. The van der Waals surface area contributed by atoms with E-state index in [4.69, 9.17) is 0 Å². The zero-order chi connectivity index (χ0) is 28.0. The van der Waals surface area contributed by atoms with E-state index in [-0.39, 0.29) is 0 Å². The van der Waals surface area contributed by atoms with Gasteiger partial charge in [0.15, 0.2) is 0 Å². The molecule has 0 radical (unpaired) electrons. The molecule has 8 rings (SSSR count). The van der Waals surface area contributed by atoms with Crippen LogP contribution >= 0.6 is 15.9 Å². The molecule has 0 aliphatic heterocycles. The summed E-state index contributed by atoms with van der Waals surface area (Å²) in [4.78, 5) is 0. The lowest BCUT2D eigenvalue weighted by Gasteiger charge is -2.11. The molecule has 0 saturated heterocycles. The summed E-state index contributed by atoms with van der Waals surface area (Å²) in [5, 5.41) is 5.06. The van der Waals surface area contributed by atoms with Gasteiger partial charge in [-0.2, -0.15) is 0 Å². The second kappa shape index (κ2) is 10.2. The molecule has 0 spiro atoms. The van der Waals surface area contributed by atoms with Crippen LogP contribution in [0.1, 0.15) is 0 Å². The standard InChI is InChI=1S/C40H26BrN/c41-35-24-33(29-16-14-28(15-17-29)31-19-18-27-8-4-5-9-30(27)22-31)23-34(25-35)32-20-21-38-37-12-6-7-13-39(37)42(40(38)26-32)36-10-2-1-3-11-36/h1-26H. The lowest BCUT2D eigenvalue weighted by Crippen LogP contribution is -1.93. The van der Waals surface area contributed by atoms with Gasteiger partial charge in [-0.3, -0.25) is 0 Å². The molecule has 198 valence electrons. The first-order valence-corrected chi connectivity index (χ1v) is 15.0. The summed E-state index contributed by atoms with van der Waals surface area (Å²) >= 11 is 3.81. The van der Waals surface area contributed by atoms with Crippen molar-refractivity contribution >= 4 is 48.5 Å². The minimum absolute atomic E-state index is 1.07. The van der Waals surface area contributed by atoms with Gasteiger partial charge in [0.25, 0.3) is 0 Å². The highest BCUT2D eigenvalue weighted by Gasteiger charge is 2.14. The molecular formula is C40H26BrN. The SMILES string of the molecule is Brc1cc(-c2ccc(-c3ccc4ccccc4c3)cc2)cc(-c2ccc3c4ccccc4n(-c4ccccc4)c3c2)c1. The van der Waals surface area contributed by atoms with Gasteiger partial charge in [0.1, 0.15) is 0 Å². The van der Waals surface area contributed by atoms with Gasteiger partial charge in [0.05, 0.1) is 11.0 Å². The van der Waals surface area contributed by atoms with Crippen molar-refractivity contribution in [3.05, 3.63) is 162 Å². The van der Waals surface area contributed by atoms with Crippen LogP contribution in [0, 0.1) is 0 Å². The fourth-order valence-corrected chi connectivity index (χ4v) is 6.65. The molecule has 0 amide bonds. The van der Waals surface area contributed by atoms with E-state index in [1.165, 1.54) is 71.6 Å². The van der Waals surface area contributed by atoms with Gasteiger partial charge >= 0.3 is 0 Å². The van der Waals surface area contributed by atoms with Crippen LogP contribution in [-0.2, 0) is 0 Å². The number of fused-ring (bicyclic) bond motifs is 4. The van der Waals surface area contributed by atoms with Crippen molar-refractivity contribution in [1.82, 2.24) is 4.57 Å². The maximum absolute atomic E-state index is 3.81. The number of para-hydroxylation sites is 2. The van der Waals surface area contributed by atoms with Gasteiger partial charge in [-0.05, 0) is 92.7 Å². The van der Waals surface area contributed by atoms with E-state index < -0.39 is 0 Å². The van der Waals surface area contributed by atoms with Crippen LogP contribution in [0.2, 0.25) is 0 Å². The van der Waals surface area contributed by atoms with Crippen LogP contribution in [0.15, 0.2) is 162 Å². The van der Waals surface area contributed by atoms with Gasteiger partial charge in [0.2, 0.25) is 0 Å². The van der Waals surface area contributed by atoms with Crippen molar-refractivity contribution in [2.75, 3.05) is 0 Å². The molecule has 7 aromatic carbocycles. The number of halogens is 1. The average Bonchev–Trinajstić information content (AvgIpc) is 3.38. The molecule has 2 heteroatoms. The van der Waals surface area contributed by atoms with Crippen molar-refractivity contribution in [1.29, 1.82) is 0 Å². The van der Waals surface area contributed by atoms with Crippen molar-refractivity contribution in [2.45, 2.75) is 0 Å². The van der Waals surface area contributed by atoms with Crippen LogP contribution in [0.25, 0.3) is 71.6 Å². The van der Waals surface area contributed by atoms with E-state index in [0.717, 1.165) is 4.47 Å². The van der Waals surface area contributed by atoms with Crippen LogP contribution in [-0.4, -0.2) is 4.57 Å². The molecule has 8 aromatic rings. The highest BCUT2D eigenvalue weighted by molar-refractivity contribution is 9.10. The summed E-state index contributed by atoms with van der Waals surface area (Å²) < 4.78 is 3.44. The Morgan fingerprint density at radius 1 is 0.357 bits per heavy atom. The summed E-state index contributed by atoms with van der Waals surface area (Å²) in [5.74, 6) is 0. The summed E-state index contributed by atoms with van der Waals surface area (Å²) in [6, 6.07) is 57.0. The quantitative estimate of drug-likeness (QED) is 0.189. The van der Waals surface area contributed by atoms with E-state index in [2.05, 4.69) is 178 Å². The second-order valence-corrected chi connectivity index (χ2v) is 11.7. The Morgan fingerprint density at radius 3 is 1.74 bits per heavy atom. The summed E-state index contributed by atoms with van der Waals surface area (Å²) in [6.07, 6.45) is 0. The monoisotopic (exact) mass is 599 g/mol. The van der Waals surface area contributed by atoms with Gasteiger partial charge in [0, 0.05) is 20.9 Å². The van der Waals surface area contributed by atoms with Gasteiger partial charge in [-0.25, -0.2) is 0 Å². The first-order chi connectivity index (χ1) is 20.7. The number of rotatable bonds is 4. The number of benzene rings is 7. The molecule has 0 aliphatic carbocycles. The summed E-state index contributed by atoms with van der Waals surface area (Å²) in [7, 11) is 0. The van der Waals surface area contributed by atoms with Crippen molar-refractivity contribution < 1.29 is 0 Å². The molecule has 0 bridgehead atoms. The Morgan fingerprint density at radius 2 is 0.929 bits per heavy atom. The topological polar surface area (TPSA) is 4.93 Å². The minimum atomic E-state index is 1.07. The number of nitrogens with zero attached hydrogens (tertiary/aromatic N) is 1. The highest BCUT2D eigenvalue weighted by Crippen LogP contribution is 2.37. The first-order valence-electron chi connectivity index (χ1n) is 14.2. The molecule has 0 unspecified atom stereocenters. The molecule has 1 aromatic heterocycles. The molecule has 42 heavy (non-hydrogen) atoms. The van der Waals surface area contributed by atoms with Crippen LogP contribution in [0.5, 0.6) is 0 Å². The number of hydrogen-bond donors (Lipinski definition) is 0. The molecule has 0 aliphatic rings. The van der Waals surface area contributed by atoms with Crippen LogP contribution < -0.4 is 0 Å². The first kappa shape index (κ1) is 24.8. The van der Waals surface area contributed by atoms with Gasteiger partial charge in [-0.1, -0.05) is 125 Å². The Labute approximate surface area is 253 Å². The fourth-order valence-electron chi connectivity index (χ4n) is 6.15. The zero-order valence-electron chi connectivity index (χ0n) is 22.8. The van der Waals surface area contributed by atoms with E-state index >= 15 is 0 Å². The largest absolute Gasteiger partial charge is 0.309 e. The van der Waals surface area contributed by atoms with Crippen LogP contribution in [0.3, 0.4) is 0 Å². The smallest absolute Gasteiger partial charge is 0.0547 e. The van der Waals surface area contributed by atoms with E-state index in [9.17, 15) is 0 Å². The third-order valence-corrected chi connectivity index (χ3v) is 8.68. The average molecular weight is 601 g/mol. The van der Waals surface area contributed by atoms with Crippen LogP contribution in [0.4, 0.5) is 0 Å². The second-order valence-electron chi connectivity index (χ2n) is 10.8. The normalized spacial score (nSPS) is 11.5. The zero-order valence-corrected chi connectivity index (χ0v) is 24.4. The Bertz CT molecular complexity index is 2240. The van der Waals surface area contributed by atoms with Gasteiger partial charge < -0.3 is 4.57 Å². The van der Waals surface area contributed by atoms with E-state index in [0.29, 0.717) is 0 Å². The third-order valence-electron chi connectivity index (χ3n) is 8.22. The Kier molecular flexibility index (Phi) is 6.01. The van der Waals surface area contributed by atoms with Gasteiger partial charge in [-0.15, -0.1) is 0 Å².